The minimum Gasteiger partial charge on any atom is -0.464 e. The van der Waals surface area contributed by atoms with Crippen LogP contribution < -0.4 is 16.0 Å². The zero-order valence-corrected chi connectivity index (χ0v) is 24.2. The molecule has 1 heterocycles. The van der Waals surface area contributed by atoms with Gasteiger partial charge in [0.05, 0.1) is 33.0 Å². The molecule has 41 heavy (non-hydrogen) atoms. The molecule has 0 aromatic carbocycles. The van der Waals surface area contributed by atoms with Crippen molar-refractivity contribution in [3.05, 3.63) is 0 Å². The first-order valence-corrected chi connectivity index (χ1v) is 13.6. The number of nitrogens with zero attached hydrogens (tertiary/aromatic N) is 1. The van der Waals surface area contributed by atoms with Gasteiger partial charge in [-0.2, -0.15) is 0 Å². The maximum atomic E-state index is 13.0. The van der Waals surface area contributed by atoms with E-state index in [-0.39, 0.29) is 38.8 Å². The summed E-state index contributed by atoms with van der Waals surface area (Å²) in [5.41, 5.74) is -2.32. The van der Waals surface area contributed by atoms with E-state index in [0.717, 1.165) is 0 Å². The second-order valence-corrected chi connectivity index (χ2v) is 10.8. The first-order chi connectivity index (χ1) is 19.2. The van der Waals surface area contributed by atoms with Crippen LogP contribution in [0.2, 0.25) is 0 Å². The largest absolute Gasteiger partial charge is 0.464 e. The monoisotopic (exact) mass is 588 g/mol. The summed E-state index contributed by atoms with van der Waals surface area (Å²) < 4.78 is 10.3. The van der Waals surface area contributed by atoms with E-state index in [0.29, 0.717) is 12.8 Å². The number of rotatable bonds is 16. The third kappa shape index (κ3) is 12.4. The van der Waals surface area contributed by atoms with Crippen molar-refractivity contribution in [2.45, 2.75) is 89.4 Å². The fourth-order valence-electron chi connectivity index (χ4n) is 3.97. The van der Waals surface area contributed by atoms with Crippen LogP contribution in [-0.2, 0) is 38.2 Å². The number of carbonyl (C=O) groups excluding carboxylic acids is 6. The zero-order valence-electron chi connectivity index (χ0n) is 24.2. The number of carbonyl (C=O) groups is 6. The molecule has 6 N–H and O–H groups in total. The summed E-state index contributed by atoms with van der Waals surface area (Å²) in [7, 11) is 0. The summed E-state index contributed by atoms with van der Waals surface area (Å²) in [6.07, 6.45) is 0.0202. The van der Waals surface area contributed by atoms with Crippen molar-refractivity contribution in [1.82, 2.24) is 20.9 Å². The molecule has 1 fully saturated rings. The third-order valence-corrected chi connectivity index (χ3v) is 6.15. The molecule has 0 aliphatic carbocycles. The standard InChI is InChI=1S/C26H44N4O11/c1-5-40-24(39)17(8-11-22(37)41-25(2,3)4)28-23(38)18-7-6-12-30(18)21(36)13-27-19(34)9-10-20(35)29-26(14-31,15-32)16-33/h17-18,31-33H,5-16H2,1-4H3,(H,27,34)(H,28,38)(H,29,35)/t17-,18-/m0/s1. The molecule has 4 amide bonds. The van der Waals surface area contributed by atoms with E-state index in [9.17, 15) is 44.1 Å². The van der Waals surface area contributed by atoms with E-state index in [4.69, 9.17) is 9.47 Å². The molecule has 234 valence electrons. The molecule has 0 aromatic rings. The quantitative estimate of drug-likeness (QED) is 0.107. The Morgan fingerprint density at radius 1 is 0.951 bits per heavy atom. The molecule has 0 radical (unpaired) electrons. The highest BCUT2D eigenvalue weighted by Gasteiger charge is 2.36. The first-order valence-electron chi connectivity index (χ1n) is 13.6. The Kier molecular flexibility index (Phi) is 14.7. The van der Waals surface area contributed by atoms with Crippen molar-refractivity contribution in [3.63, 3.8) is 0 Å². The fourth-order valence-corrected chi connectivity index (χ4v) is 3.97. The summed E-state index contributed by atoms with van der Waals surface area (Å²) in [5, 5.41) is 35.1. The van der Waals surface area contributed by atoms with E-state index in [1.165, 1.54) is 4.90 Å². The number of hydrogen-bond donors (Lipinski definition) is 6. The molecular formula is C26H44N4O11. The highest BCUT2D eigenvalue weighted by Crippen LogP contribution is 2.18. The summed E-state index contributed by atoms with van der Waals surface area (Å²) in [6.45, 7) is 4.50. The Morgan fingerprint density at radius 3 is 2.12 bits per heavy atom. The minimum absolute atomic E-state index is 0.0557. The maximum Gasteiger partial charge on any atom is 0.328 e. The van der Waals surface area contributed by atoms with Gasteiger partial charge in [-0.1, -0.05) is 0 Å². The van der Waals surface area contributed by atoms with Gasteiger partial charge < -0.3 is 45.6 Å². The predicted octanol–water partition coefficient (Wildman–Crippen LogP) is -2.12. The number of likely N-dealkylation sites (tertiary alicyclic amines) is 1. The highest BCUT2D eigenvalue weighted by molar-refractivity contribution is 5.93. The lowest BCUT2D eigenvalue weighted by molar-refractivity contribution is -0.156. The van der Waals surface area contributed by atoms with Gasteiger partial charge in [0.15, 0.2) is 0 Å². The average molecular weight is 589 g/mol. The molecule has 1 rings (SSSR count). The van der Waals surface area contributed by atoms with Crippen molar-refractivity contribution in [2.24, 2.45) is 0 Å². The van der Waals surface area contributed by atoms with Crippen molar-refractivity contribution in [2.75, 3.05) is 39.5 Å². The first kappa shape index (κ1) is 35.7. The summed E-state index contributed by atoms with van der Waals surface area (Å²) >= 11 is 0. The molecule has 0 saturated carbocycles. The molecule has 0 aromatic heterocycles. The molecule has 0 unspecified atom stereocenters. The number of esters is 2. The number of aliphatic hydroxyl groups excluding tert-OH is 3. The van der Waals surface area contributed by atoms with Crippen molar-refractivity contribution >= 4 is 35.6 Å². The van der Waals surface area contributed by atoms with Crippen LogP contribution in [0.1, 0.15) is 66.2 Å². The summed E-state index contributed by atoms with van der Waals surface area (Å²) in [5.74, 6) is -3.71. The van der Waals surface area contributed by atoms with Crippen LogP contribution in [-0.4, -0.2) is 119 Å². The van der Waals surface area contributed by atoms with Crippen LogP contribution in [0.3, 0.4) is 0 Å². The van der Waals surface area contributed by atoms with E-state index in [2.05, 4.69) is 16.0 Å². The highest BCUT2D eigenvalue weighted by atomic mass is 16.6. The normalized spacial score (nSPS) is 16.0. The second kappa shape index (κ2) is 16.8. The van der Waals surface area contributed by atoms with Crippen LogP contribution in [0.15, 0.2) is 0 Å². The lowest BCUT2D eigenvalue weighted by Gasteiger charge is -2.28. The number of aliphatic hydroxyl groups is 3. The minimum atomic E-state index is -1.61. The van der Waals surface area contributed by atoms with E-state index >= 15 is 0 Å². The van der Waals surface area contributed by atoms with Gasteiger partial charge in [-0.15, -0.1) is 0 Å². The Labute approximate surface area is 239 Å². The molecule has 0 spiro atoms. The zero-order chi connectivity index (χ0) is 31.2. The van der Waals surface area contributed by atoms with Crippen LogP contribution in [0.5, 0.6) is 0 Å². The van der Waals surface area contributed by atoms with Crippen LogP contribution in [0.25, 0.3) is 0 Å². The number of nitrogens with one attached hydrogen (secondary N) is 3. The Morgan fingerprint density at radius 2 is 1.56 bits per heavy atom. The summed E-state index contributed by atoms with van der Waals surface area (Å²) in [6, 6.07) is -2.02. The predicted molar refractivity (Wildman–Crippen MR) is 143 cm³/mol. The lowest BCUT2D eigenvalue weighted by atomic mass is 10.0. The Hall–Kier alpha value is -3.30. The number of ether oxygens (including phenoxy) is 2. The smallest absolute Gasteiger partial charge is 0.328 e. The van der Waals surface area contributed by atoms with E-state index in [1.807, 2.05) is 0 Å². The number of amides is 4. The second-order valence-electron chi connectivity index (χ2n) is 10.8. The van der Waals surface area contributed by atoms with Gasteiger partial charge in [0.25, 0.3) is 0 Å². The molecular weight excluding hydrogens is 544 g/mol. The van der Waals surface area contributed by atoms with Gasteiger partial charge in [-0.05, 0) is 47.0 Å². The van der Waals surface area contributed by atoms with Gasteiger partial charge in [0, 0.05) is 25.8 Å². The molecule has 1 aliphatic heterocycles. The maximum absolute atomic E-state index is 13.0. The average Bonchev–Trinajstić information content (AvgIpc) is 3.41. The van der Waals surface area contributed by atoms with Gasteiger partial charge >= 0.3 is 11.9 Å². The molecule has 15 heteroatoms. The molecule has 1 aliphatic rings. The topological polar surface area (TPSA) is 221 Å². The Balaban J connectivity index is 2.67. The summed E-state index contributed by atoms with van der Waals surface area (Å²) in [4.78, 5) is 75.9. The molecule has 2 atom stereocenters. The van der Waals surface area contributed by atoms with Crippen LogP contribution in [0, 0.1) is 0 Å². The van der Waals surface area contributed by atoms with Crippen molar-refractivity contribution < 1.29 is 53.6 Å². The lowest BCUT2D eigenvalue weighted by Crippen LogP contribution is -2.57. The van der Waals surface area contributed by atoms with Gasteiger partial charge in [0.1, 0.15) is 23.2 Å². The van der Waals surface area contributed by atoms with Gasteiger partial charge in [0.2, 0.25) is 23.6 Å². The number of hydrogen-bond acceptors (Lipinski definition) is 11. The Bertz CT molecular complexity index is 923. The molecule has 0 bridgehead atoms. The van der Waals surface area contributed by atoms with Crippen LogP contribution in [0.4, 0.5) is 0 Å². The SMILES string of the molecule is CCOC(=O)[C@H](CCC(=O)OC(C)(C)C)NC(=O)[C@@H]1CCCN1C(=O)CNC(=O)CCC(=O)NC(CO)(CO)CO. The molecule has 15 nitrogen and oxygen atoms in total. The van der Waals surface area contributed by atoms with E-state index in [1.54, 1.807) is 27.7 Å². The van der Waals surface area contributed by atoms with Crippen molar-refractivity contribution in [3.8, 4) is 0 Å². The van der Waals surface area contributed by atoms with Gasteiger partial charge in [-0.25, -0.2) is 4.79 Å². The third-order valence-electron chi connectivity index (χ3n) is 6.15. The molecule has 1 saturated heterocycles. The van der Waals surface area contributed by atoms with Crippen LogP contribution >= 0.6 is 0 Å². The van der Waals surface area contributed by atoms with Crippen molar-refractivity contribution in [1.29, 1.82) is 0 Å². The van der Waals surface area contributed by atoms with Gasteiger partial charge in [-0.3, -0.25) is 24.0 Å². The fraction of sp³-hybridized carbons (Fsp3) is 0.769. The van der Waals surface area contributed by atoms with E-state index < -0.39 is 85.2 Å².